The lowest BCUT2D eigenvalue weighted by atomic mass is 10.3. The van der Waals surface area contributed by atoms with Crippen molar-refractivity contribution in [3.8, 4) is 5.75 Å². The van der Waals surface area contributed by atoms with Gasteiger partial charge in [0.2, 0.25) is 0 Å². The summed E-state index contributed by atoms with van der Waals surface area (Å²) in [4.78, 5) is 0. The average Bonchev–Trinajstić information content (AvgIpc) is 2.76. The number of anilines is 1. The summed E-state index contributed by atoms with van der Waals surface area (Å²) < 4.78 is 33.2. The van der Waals surface area contributed by atoms with E-state index in [1.54, 1.807) is 38.4 Å². The summed E-state index contributed by atoms with van der Waals surface area (Å²) >= 11 is 0. The van der Waals surface area contributed by atoms with Gasteiger partial charge in [-0.1, -0.05) is 6.07 Å². The molecule has 1 aromatic rings. The van der Waals surface area contributed by atoms with E-state index in [0.29, 0.717) is 31.1 Å². The molecule has 0 bridgehead atoms. The molecule has 20 heavy (non-hydrogen) atoms. The largest absolute Gasteiger partial charge is 0.497 e. The highest BCUT2D eigenvalue weighted by molar-refractivity contribution is 7.90. The van der Waals surface area contributed by atoms with E-state index in [0.717, 1.165) is 13.0 Å². The molecule has 1 saturated heterocycles. The molecule has 0 aromatic heterocycles. The number of methoxy groups -OCH3 is 1. The molecule has 0 spiro atoms. The van der Waals surface area contributed by atoms with Crippen LogP contribution in [0.3, 0.4) is 0 Å². The third kappa shape index (κ3) is 3.23. The van der Waals surface area contributed by atoms with Gasteiger partial charge in [0.15, 0.2) is 0 Å². The molecule has 2 rings (SSSR count). The highest BCUT2D eigenvalue weighted by Crippen LogP contribution is 2.23. The van der Waals surface area contributed by atoms with Crippen molar-refractivity contribution in [2.24, 2.45) is 0 Å². The summed E-state index contributed by atoms with van der Waals surface area (Å²) in [6.07, 6.45) is 0.825. The second kappa shape index (κ2) is 6.43. The van der Waals surface area contributed by atoms with Crippen molar-refractivity contribution in [3.05, 3.63) is 24.3 Å². The van der Waals surface area contributed by atoms with Gasteiger partial charge in [-0.25, -0.2) is 0 Å². The van der Waals surface area contributed by atoms with Crippen molar-refractivity contribution in [2.75, 3.05) is 44.6 Å². The average molecular weight is 299 g/mol. The number of nitrogens with one attached hydrogen (secondary N) is 1. The first-order valence-corrected chi connectivity index (χ1v) is 8.04. The van der Waals surface area contributed by atoms with E-state index in [4.69, 9.17) is 4.74 Å². The van der Waals surface area contributed by atoms with Crippen LogP contribution in [-0.4, -0.2) is 53.1 Å². The number of hydrogen-bond donors (Lipinski definition) is 1. The molecule has 0 saturated carbocycles. The fourth-order valence-corrected chi connectivity index (χ4v) is 3.57. The van der Waals surface area contributed by atoms with E-state index in [1.807, 2.05) is 0 Å². The smallest absolute Gasteiger partial charge is 0.303 e. The second-order valence-corrected chi connectivity index (χ2v) is 6.64. The number of rotatable bonds is 4. The molecule has 0 unspecified atom stereocenters. The molecule has 1 fully saturated rings. The van der Waals surface area contributed by atoms with Crippen LogP contribution in [0.2, 0.25) is 0 Å². The minimum atomic E-state index is -3.49. The predicted molar refractivity (Wildman–Crippen MR) is 79.4 cm³/mol. The maximum atomic E-state index is 12.6. The zero-order chi connectivity index (χ0) is 14.6. The van der Waals surface area contributed by atoms with Crippen LogP contribution < -0.4 is 14.4 Å². The molecule has 112 valence electrons. The summed E-state index contributed by atoms with van der Waals surface area (Å²) in [5.41, 5.74) is 0.599. The maximum absolute atomic E-state index is 12.6. The third-order valence-electron chi connectivity index (χ3n) is 3.39. The molecule has 0 atom stereocenters. The van der Waals surface area contributed by atoms with Gasteiger partial charge in [-0.15, -0.1) is 0 Å². The topological polar surface area (TPSA) is 61.9 Å². The van der Waals surface area contributed by atoms with Gasteiger partial charge in [0.25, 0.3) is 0 Å². The van der Waals surface area contributed by atoms with Crippen LogP contribution in [-0.2, 0) is 10.2 Å². The van der Waals surface area contributed by atoms with Crippen LogP contribution in [0.15, 0.2) is 24.3 Å². The maximum Gasteiger partial charge on any atom is 0.303 e. The Kier molecular flexibility index (Phi) is 4.85. The van der Waals surface area contributed by atoms with Crippen molar-refractivity contribution in [1.29, 1.82) is 0 Å². The summed E-state index contributed by atoms with van der Waals surface area (Å²) in [6, 6.07) is 7.05. The molecule has 0 amide bonds. The quantitative estimate of drug-likeness (QED) is 0.888. The normalized spacial score (nSPS) is 17.5. The van der Waals surface area contributed by atoms with E-state index in [-0.39, 0.29) is 0 Å². The molecule has 1 aliphatic heterocycles. The summed E-state index contributed by atoms with van der Waals surface area (Å²) in [5, 5.41) is 3.20. The monoisotopic (exact) mass is 299 g/mol. The Morgan fingerprint density at radius 3 is 2.85 bits per heavy atom. The van der Waals surface area contributed by atoms with Gasteiger partial charge in [-0.2, -0.15) is 12.7 Å². The van der Waals surface area contributed by atoms with E-state index in [1.165, 1.54) is 8.61 Å². The van der Waals surface area contributed by atoms with Crippen molar-refractivity contribution in [2.45, 2.75) is 6.42 Å². The first-order chi connectivity index (χ1) is 9.55. The van der Waals surface area contributed by atoms with E-state index in [2.05, 4.69) is 5.32 Å². The van der Waals surface area contributed by atoms with Gasteiger partial charge in [-0.05, 0) is 25.1 Å². The predicted octanol–water partition coefficient (Wildman–Crippen LogP) is 0.671. The Bertz CT molecular complexity index is 540. The Balaban J connectivity index is 2.22. The van der Waals surface area contributed by atoms with Crippen LogP contribution >= 0.6 is 0 Å². The minimum absolute atomic E-state index is 0.497. The standard InChI is InChI=1S/C13H21N3O3S/c1-15(12-5-3-6-13(11-12)19-2)20(17,18)16-9-4-7-14-8-10-16/h3,5-6,11,14H,4,7-10H2,1-2H3. The van der Waals surface area contributed by atoms with Gasteiger partial charge < -0.3 is 10.1 Å². The fourth-order valence-electron chi connectivity index (χ4n) is 2.16. The summed E-state index contributed by atoms with van der Waals surface area (Å²) in [5.74, 6) is 0.641. The number of ether oxygens (including phenoxy) is 1. The zero-order valence-corrected chi connectivity index (χ0v) is 12.7. The van der Waals surface area contributed by atoms with Crippen molar-refractivity contribution in [3.63, 3.8) is 0 Å². The minimum Gasteiger partial charge on any atom is -0.497 e. The van der Waals surface area contributed by atoms with E-state index >= 15 is 0 Å². The molecule has 7 heteroatoms. The van der Waals surface area contributed by atoms with Crippen LogP contribution in [0.4, 0.5) is 5.69 Å². The van der Waals surface area contributed by atoms with E-state index < -0.39 is 10.2 Å². The first-order valence-electron chi connectivity index (χ1n) is 6.64. The van der Waals surface area contributed by atoms with Gasteiger partial charge in [0.1, 0.15) is 5.75 Å². The third-order valence-corrected chi connectivity index (χ3v) is 5.31. The first kappa shape index (κ1) is 15.1. The molecule has 1 heterocycles. The van der Waals surface area contributed by atoms with Crippen LogP contribution in [0, 0.1) is 0 Å². The highest BCUT2D eigenvalue weighted by atomic mass is 32.2. The van der Waals surface area contributed by atoms with Crippen LogP contribution in [0.25, 0.3) is 0 Å². The Morgan fingerprint density at radius 2 is 2.10 bits per heavy atom. The molecule has 0 radical (unpaired) electrons. The van der Waals surface area contributed by atoms with Gasteiger partial charge >= 0.3 is 10.2 Å². The van der Waals surface area contributed by atoms with E-state index in [9.17, 15) is 8.42 Å². The van der Waals surface area contributed by atoms with Crippen molar-refractivity contribution >= 4 is 15.9 Å². The lowest BCUT2D eigenvalue weighted by Crippen LogP contribution is -2.43. The van der Waals surface area contributed by atoms with Crippen molar-refractivity contribution < 1.29 is 13.2 Å². The Labute approximate surface area is 120 Å². The highest BCUT2D eigenvalue weighted by Gasteiger charge is 2.27. The SMILES string of the molecule is COc1cccc(N(C)S(=O)(=O)N2CCCNCC2)c1. The zero-order valence-electron chi connectivity index (χ0n) is 11.9. The fraction of sp³-hybridized carbons (Fsp3) is 0.538. The lowest BCUT2D eigenvalue weighted by Gasteiger charge is -2.27. The van der Waals surface area contributed by atoms with Gasteiger partial charge in [0.05, 0.1) is 12.8 Å². The number of benzene rings is 1. The lowest BCUT2D eigenvalue weighted by molar-refractivity contribution is 0.414. The van der Waals surface area contributed by atoms with Gasteiger partial charge in [-0.3, -0.25) is 4.31 Å². The van der Waals surface area contributed by atoms with Crippen LogP contribution in [0.1, 0.15) is 6.42 Å². The molecule has 6 nitrogen and oxygen atoms in total. The molecule has 1 aliphatic rings. The Morgan fingerprint density at radius 1 is 1.30 bits per heavy atom. The molecular weight excluding hydrogens is 278 g/mol. The summed E-state index contributed by atoms with van der Waals surface area (Å²) in [6.45, 7) is 2.58. The second-order valence-electron chi connectivity index (χ2n) is 4.68. The number of nitrogens with zero attached hydrogens (tertiary/aromatic N) is 2. The van der Waals surface area contributed by atoms with Gasteiger partial charge in [0, 0.05) is 32.7 Å². The molecule has 1 N–H and O–H groups in total. The molecule has 0 aliphatic carbocycles. The Hall–Kier alpha value is -1.31. The molecular formula is C13H21N3O3S. The number of hydrogen-bond acceptors (Lipinski definition) is 4. The summed E-state index contributed by atoms with van der Waals surface area (Å²) in [7, 11) is -0.357. The van der Waals surface area contributed by atoms with Crippen LogP contribution in [0.5, 0.6) is 5.75 Å². The molecule has 1 aromatic carbocycles. The van der Waals surface area contributed by atoms with Crippen molar-refractivity contribution in [1.82, 2.24) is 9.62 Å².